The predicted molar refractivity (Wildman–Crippen MR) is 128 cm³/mol. The summed E-state index contributed by atoms with van der Waals surface area (Å²) in [6.45, 7) is 3.35. The first-order valence-electron chi connectivity index (χ1n) is 11.0. The van der Waals surface area contributed by atoms with Gasteiger partial charge in [-0.25, -0.2) is 12.8 Å². The van der Waals surface area contributed by atoms with Crippen molar-refractivity contribution in [2.24, 2.45) is 5.92 Å². The normalized spacial score (nSPS) is 14.6. The lowest BCUT2D eigenvalue weighted by atomic mass is 10.1. The van der Waals surface area contributed by atoms with Gasteiger partial charge in [-0.3, -0.25) is 14.5 Å². The maximum atomic E-state index is 13.7. The number of hydrogen-bond acceptors (Lipinski definition) is 4. The Labute approximate surface area is 198 Å². The monoisotopic (exact) mass is 483 g/mol. The van der Waals surface area contributed by atoms with E-state index < -0.39 is 21.7 Å². The predicted octanol–water partition coefficient (Wildman–Crippen LogP) is 3.46. The summed E-state index contributed by atoms with van der Waals surface area (Å²) < 4.78 is 41.7. The quantitative estimate of drug-likeness (QED) is 0.516. The third-order valence-electron chi connectivity index (χ3n) is 5.68. The van der Waals surface area contributed by atoms with Crippen molar-refractivity contribution in [3.05, 3.63) is 72.5 Å². The van der Waals surface area contributed by atoms with Crippen molar-refractivity contribution >= 4 is 38.3 Å². The number of anilines is 1. The van der Waals surface area contributed by atoms with E-state index in [0.717, 1.165) is 5.39 Å². The van der Waals surface area contributed by atoms with E-state index in [1.165, 1.54) is 38.4 Å². The lowest BCUT2D eigenvalue weighted by Gasteiger charge is -2.26. The van der Waals surface area contributed by atoms with E-state index in [1.54, 1.807) is 24.3 Å². The molecule has 0 aromatic heterocycles. The van der Waals surface area contributed by atoms with Crippen molar-refractivity contribution in [2.45, 2.75) is 18.7 Å². The SMILES string of the molecule is CC(C)CN(CC(=O)N1CC(=O)N(c2ccc(F)cc2)C1)S(=O)(=O)c1cccc2ccccc12. The summed E-state index contributed by atoms with van der Waals surface area (Å²) in [6.07, 6.45) is 0. The number of carbonyl (C=O) groups excluding carboxylic acids is 2. The minimum atomic E-state index is -3.99. The number of nitrogens with zero attached hydrogens (tertiary/aromatic N) is 3. The number of carbonyl (C=O) groups is 2. The molecule has 0 unspecified atom stereocenters. The zero-order chi connectivity index (χ0) is 24.5. The molecular weight excluding hydrogens is 457 g/mol. The second-order valence-corrected chi connectivity index (χ2v) is 10.6. The van der Waals surface area contributed by atoms with Crippen LogP contribution in [0.3, 0.4) is 0 Å². The van der Waals surface area contributed by atoms with Gasteiger partial charge in [-0.05, 0) is 41.6 Å². The summed E-state index contributed by atoms with van der Waals surface area (Å²) in [5.41, 5.74) is 0.476. The molecule has 178 valence electrons. The number of rotatable bonds is 7. The van der Waals surface area contributed by atoms with Crippen LogP contribution in [0.1, 0.15) is 13.8 Å². The number of benzene rings is 3. The van der Waals surface area contributed by atoms with E-state index in [9.17, 15) is 22.4 Å². The Morgan fingerprint density at radius 3 is 2.41 bits per heavy atom. The van der Waals surface area contributed by atoms with Crippen LogP contribution in [0.2, 0.25) is 0 Å². The molecule has 7 nitrogen and oxygen atoms in total. The van der Waals surface area contributed by atoms with Crippen LogP contribution < -0.4 is 4.90 Å². The molecule has 3 aromatic carbocycles. The third kappa shape index (κ3) is 4.80. The van der Waals surface area contributed by atoms with Crippen LogP contribution in [0.4, 0.5) is 10.1 Å². The highest BCUT2D eigenvalue weighted by molar-refractivity contribution is 7.89. The van der Waals surface area contributed by atoms with Gasteiger partial charge in [0.15, 0.2) is 0 Å². The summed E-state index contributed by atoms with van der Waals surface area (Å²) in [7, 11) is -3.99. The molecule has 1 heterocycles. The van der Waals surface area contributed by atoms with Gasteiger partial charge in [0.05, 0.1) is 11.4 Å². The first kappa shape index (κ1) is 23.8. The standard InChI is InChI=1S/C25H26FN3O4S/c1-18(2)14-28(34(32,33)23-9-5-7-19-6-3-4-8-22(19)23)16-24(30)27-15-25(31)29(17-27)21-12-10-20(26)11-13-21/h3-13,18H,14-17H2,1-2H3. The van der Waals surface area contributed by atoms with Crippen LogP contribution in [0, 0.1) is 11.7 Å². The van der Waals surface area contributed by atoms with Gasteiger partial charge in [-0.1, -0.05) is 50.2 Å². The zero-order valence-electron chi connectivity index (χ0n) is 19.0. The maximum Gasteiger partial charge on any atom is 0.248 e. The van der Waals surface area contributed by atoms with Gasteiger partial charge in [0.1, 0.15) is 19.0 Å². The largest absolute Gasteiger partial charge is 0.314 e. The van der Waals surface area contributed by atoms with Gasteiger partial charge in [-0.15, -0.1) is 0 Å². The lowest BCUT2D eigenvalue weighted by molar-refractivity contribution is -0.131. The van der Waals surface area contributed by atoms with Crippen molar-refractivity contribution in [3.8, 4) is 0 Å². The number of fused-ring (bicyclic) bond motifs is 1. The molecule has 0 aliphatic carbocycles. The molecule has 1 saturated heterocycles. The van der Waals surface area contributed by atoms with Crippen molar-refractivity contribution < 1.29 is 22.4 Å². The number of halogens is 1. The van der Waals surface area contributed by atoms with E-state index in [-0.39, 0.29) is 43.0 Å². The minimum Gasteiger partial charge on any atom is -0.314 e. The van der Waals surface area contributed by atoms with E-state index >= 15 is 0 Å². The van der Waals surface area contributed by atoms with Gasteiger partial charge in [-0.2, -0.15) is 4.31 Å². The highest BCUT2D eigenvalue weighted by Crippen LogP contribution is 2.27. The van der Waals surface area contributed by atoms with Crippen molar-refractivity contribution in [1.82, 2.24) is 9.21 Å². The van der Waals surface area contributed by atoms with Crippen LogP contribution >= 0.6 is 0 Å². The van der Waals surface area contributed by atoms with E-state index in [4.69, 9.17) is 0 Å². The molecule has 0 spiro atoms. The molecule has 0 atom stereocenters. The van der Waals surface area contributed by atoms with Gasteiger partial charge >= 0.3 is 0 Å². The Balaban J connectivity index is 1.58. The molecular formula is C25H26FN3O4S. The third-order valence-corrected chi connectivity index (χ3v) is 7.55. The van der Waals surface area contributed by atoms with E-state index in [0.29, 0.717) is 11.1 Å². The second kappa shape index (κ2) is 9.52. The first-order valence-corrected chi connectivity index (χ1v) is 12.4. The maximum absolute atomic E-state index is 13.7. The van der Waals surface area contributed by atoms with Crippen LogP contribution in [-0.2, 0) is 19.6 Å². The fraction of sp³-hybridized carbons (Fsp3) is 0.280. The second-order valence-electron chi connectivity index (χ2n) is 8.70. The Bertz CT molecular complexity index is 1320. The zero-order valence-corrected chi connectivity index (χ0v) is 19.8. The van der Waals surface area contributed by atoms with Gasteiger partial charge < -0.3 is 4.90 Å². The number of hydrogen-bond donors (Lipinski definition) is 0. The van der Waals surface area contributed by atoms with E-state index in [1.807, 2.05) is 32.0 Å². The van der Waals surface area contributed by atoms with Gasteiger partial charge in [0.25, 0.3) is 0 Å². The highest BCUT2D eigenvalue weighted by atomic mass is 32.2. The Morgan fingerprint density at radius 2 is 1.71 bits per heavy atom. The Morgan fingerprint density at radius 1 is 1.03 bits per heavy atom. The van der Waals surface area contributed by atoms with Crippen LogP contribution in [0.5, 0.6) is 0 Å². The molecule has 0 bridgehead atoms. The molecule has 1 aliphatic heterocycles. The fourth-order valence-corrected chi connectivity index (χ4v) is 5.79. The van der Waals surface area contributed by atoms with Crippen molar-refractivity contribution in [1.29, 1.82) is 0 Å². The average molecular weight is 484 g/mol. The molecule has 4 rings (SSSR count). The summed E-state index contributed by atoms with van der Waals surface area (Å²) >= 11 is 0. The Hall–Kier alpha value is -3.30. The van der Waals surface area contributed by atoms with Crippen molar-refractivity contribution in [2.75, 3.05) is 31.2 Å². The molecule has 0 saturated carbocycles. The van der Waals surface area contributed by atoms with Crippen LogP contribution in [0.15, 0.2) is 71.6 Å². The number of sulfonamides is 1. The fourth-order valence-electron chi connectivity index (χ4n) is 4.03. The summed E-state index contributed by atoms with van der Waals surface area (Å²) in [6, 6.07) is 17.7. The van der Waals surface area contributed by atoms with Crippen LogP contribution in [0.25, 0.3) is 10.8 Å². The van der Waals surface area contributed by atoms with Crippen LogP contribution in [-0.4, -0.2) is 55.7 Å². The van der Waals surface area contributed by atoms with Gasteiger partial charge in [0, 0.05) is 17.6 Å². The average Bonchev–Trinajstić information content (AvgIpc) is 3.20. The topological polar surface area (TPSA) is 78.0 Å². The van der Waals surface area contributed by atoms with E-state index in [2.05, 4.69) is 0 Å². The minimum absolute atomic E-state index is 0.0199. The summed E-state index contributed by atoms with van der Waals surface area (Å²) in [5.74, 6) is -1.23. The molecule has 9 heteroatoms. The summed E-state index contributed by atoms with van der Waals surface area (Å²) in [4.78, 5) is 28.5. The number of amides is 2. The molecule has 0 N–H and O–H groups in total. The first-order chi connectivity index (χ1) is 16.2. The molecule has 0 radical (unpaired) electrons. The summed E-state index contributed by atoms with van der Waals surface area (Å²) in [5, 5.41) is 1.38. The highest BCUT2D eigenvalue weighted by Gasteiger charge is 2.35. The molecule has 34 heavy (non-hydrogen) atoms. The smallest absolute Gasteiger partial charge is 0.248 e. The lowest BCUT2D eigenvalue weighted by Crippen LogP contribution is -2.44. The van der Waals surface area contributed by atoms with Gasteiger partial charge in [0.2, 0.25) is 21.8 Å². The molecule has 3 aromatic rings. The molecule has 2 amide bonds. The molecule has 1 aliphatic rings. The Kier molecular flexibility index (Phi) is 6.67. The molecule has 1 fully saturated rings. The van der Waals surface area contributed by atoms with Crippen molar-refractivity contribution in [3.63, 3.8) is 0 Å².